The Balaban J connectivity index is 1.77. The van der Waals surface area contributed by atoms with Gasteiger partial charge in [0.25, 0.3) is 0 Å². The van der Waals surface area contributed by atoms with E-state index in [0.717, 1.165) is 0 Å². The van der Waals surface area contributed by atoms with Gasteiger partial charge in [0.1, 0.15) is 31.4 Å². The number of carbonyl (C=O) groups excluding carboxylic acids is 2. The lowest BCUT2D eigenvalue weighted by molar-refractivity contribution is -0.155. The normalized spacial score (nSPS) is 43.6. The maximum Gasteiger partial charge on any atom is 0.313 e. The van der Waals surface area contributed by atoms with Crippen molar-refractivity contribution in [1.29, 1.82) is 0 Å². The van der Waals surface area contributed by atoms with E-state index in [1.165, 1.54) is 0 Å². The van der Waals surface area contributed by atoms with Crippen molar-refractivity contribution in [3.05, 3.63) is 0 Å². The number of ether oxygens (including phenoxy) is 3. The quantitative estimate of drug-likeness (QED) is 0.630. The number of halogens is 1. The van der Waals surface area contributed by atoms with Crippen molar-refractivity contribution in [1.82, 2.24) is 0 Å². The van der Waals surface area contributed by atoms with Crippen LogP contribution in [0.15, 0.2) is 0 Å². The third-order valence-electron chi connectivity index (χ3n) is 3.44. The summed E-state index contributed by atoms with van der Waals surface area (Å²) in [4.78, 5) is 23.1. The first kappa shape index (κ1) is 10.0. The molecule has 0 aromatic rings. The van der Waals surface area contributed by atoms with Gasteiger partial charge in [-0.05, 0) is 0 Å². The van der Waals surface area contributed by atoms with Gasteiger partial charge in [-0.15, -0.1) is 0 Å². The van der Waals surface area contributed by atoms with Crippen molar-refractivity contribution in [2.24, 2.45) is 11.8 Å². The van der Waals surface area contributed by atoms with Gasteiger partial charge in [0.05, 0.1) is 12.0 Å². The molecule has 5 unspecified atom stereocenters. The number of fused-ring (bicyclic) bond motifs is 1. The van der Waals surface area contributed by atoms with Crippen molar-refractivity contribution in [3.63, 3.8) is 0 Å². The second-order valence-electron chi connectivity index (χ2n) is 4.26. The van der Waals surface area contributed by atoms with E-state index in [1.54, 1.807) is 0 Å². The smallest absolute Gasteiger partial charge is 0.313 e. The lowest BCUT2D eigenvalue weighted by Crippen LogP contribution is -2.37. The highest BCUT2D eigenvalue weighted by Crippen LogP contribution is 2.50. The zero-order chi connectivity index (χ0) is 11.3. The Labute approximate surface area is 90.8 Å². The number of carbonyl (C=O) groups is 2. The number of hydrogen-bond donors (Lipinski definition) is 0. The predicted molar refractivity (Wildman–Crippen MR) is 47.1 cm³/mol. The highest BCUT2D eigenvalue weighted by molar-refractivity contribution is 5.86. The van der Waals surface area contributed by atoms with Crippen LogP contribution in [-0.2, 0) is 23.8 Å². The van der Waals surface area contributed by atoms with Crippen LogP contribution in [0.5, 0.6) is 0 Å². The predicted octanol–water partition coefficient (Wildman–Crippen LogP) is -0.172. The Kier molecular flexibility index (Phi) is 2.14. The number of hydrogen-bond acceptors (Lipinski definition) is 5. The Bertz CT molecular complexity index is 342. The molecule has 3 heterocycles. The molecule has 0 aromatic heterocycles. The summed E-state index contributed by atoms with van der Waals surface area (Å²) in [6.45, 7) is -0.983. The van der Waals surface area contributed by atoms with Crippen LogP contribution in [0.4, 0.5) is 4.39 Å². The van der Waals surface area contributed by atoms with Crippen LogP contribution in [0.3, 0.4) is 0 Å². The van der Waals surface area contributed by atoms with E-state index in [2.05, 4.69) is 0 Å². The van der Waals surface area contributed by atoms with Crippen LogP contribution >= 0.6 is 0 Å². The Morgan fingerprint density at radius 3 is 3.06 bits per heavy atom. The van der Waals surface area contributed by atoms with E-state index in [0.29, 0.717) is 6.42 Å². The molecular weight excluding hydrogens is 219 g/mol. The van der Waals surface area contributed by atoms with Crippen LogP contribution in [0, 0.1) is 11.8 Å². The van der Waals surface area contributed by atoms with Crippen LogP contribution in [0.25, 0.3) is 0 Å². The van der Waals surface area contributed by atoms with Gasteiger partial charge in [-0.3, -0.25) is 9.59 Å². The van der Waals surface area contributed by atoms with Crippen molar-refractivity contribution >= 4 is 11.9 Å². The van der Waals surface area contributed by atoms with Gasteiger partial charge in [0, 0.05) is 6.42 Å². The van der Waals surface area contributed by atoms with Crippen LogP contribution in [-0.4, -0.2) is 43.5 Å². The Hall–Kier alpha value is -1.17. The van der Waals surface area contributed by atoms with Crippen molar-refractivity contribution < 1.29 is 28.2 Å². The van der Waals surface area contributed by atoms with Gasteiger partial charge in [0.15, 0.2) is 0 Å². The summed E-state index contributed by atoms with van der Waals surface area (Å²) in [6, 6.07) is 0. The first-order valence-electron chi connectivity index (χ1n) is 5.31. The second-order valence-corrected chi connectivity index (χ2v) is 4.26. The first-order valence-corrected chi connectivity index (χ1v) is 5.31. The Morgan fingerprint density at radius 1 is 1.50 bits per heavy atom. The van der Waals surface area contributed by atoms with E-state index >= 15 is 0 Å². The molecule has 3 aliphatic heterocycles. The fraction of sp³-hybridized carbons (Fsp3) is 0.800. The second kappa shape index (κ2) is 3.41. The number of alkyl halides is 1. The van der Waals surface area contributed by atoms with Crippen molar-refractivity contribution in [3.8, 4) is 0 Å². The fourth-order valence-corrected chi connectivity index (χ4v) is 2.85. The lowest BCUT2D eigenvalue weighted by atomic mass is 9.80. The molecule has 0 aromatic carbocycles. The molecule has 6 heteroatoms. The van der Waals surface area contributed by atoms with Crippen LogP contribution < -0.4 is 0 Å². The highest BCUT2D eigenvalue weighted by Gasteiger charge is 2.66. The molecule has 5 atom stereocenters. The van der Waals surface area contributed by atoms with Crippen LogP contribution in [0.2, 0.25) is 0 Å². The minimum Gasteiger partial charge on any atom is -0.463 e. The average Bonchev–Trinajstić information content (AvgIpc) is 2.85. The zero-order valence-corrected chi connectivity index (χ0v) is 8.43. The third kappa shape index (κ3) is 1.19. The molecule has 3 rings (SSSR count). The first-order chi connectivity index (χ1) is 7.72. The summed E-state index contributed by atoms with van der Waals surface area (Å²) in [5.41, 5.74) is 0. The van der Waals surface area contributed by atoms with Gasteiger partial charge >= 0.3 is 11.9 Å². The minimum atomic E-state index is -0.717. The lowest BCUT2D eigenvalue weighted by Gasteiger charge is -2.19. The summed E-state index contributed by atoms with van der Waals surface area (Å²) in [6.07, 6.45) is -0.269. The third-order valence-corrected chi connectivity index (χ3v) is 3.44. The average molecular weight is 230 g/mol. The minimum absolute atomic E-state index is 0.201. The summed E-state index contributed by atoms with van der Waals surface area (Å²) < 4.78 is 27.2. The number of rotatable bonds is 3. The molecule has 0 amide bonds. The van der Waals surface area contributed by atoms with Gasteiger partial charge in [-0.1, -0.05) is 0 Å². The molecule has 16 heavy (non-hydrogen) atoms. The molecular formula is C10H11FO5. The summed E-state index contributed by atoms with van der Waals surface area (Å²) in [7, 11) is 0. The molecule has 2 bridgehead atoms. The monoisotopic (exact) mass is 230 g/mol. The molecule has 88 valence electrons. The van der Waals surface area contributed by atoms with Crippen LogP contribution in [0.1, 0.15) is 6.42 Å². The summed E-state index contributed by atoms with van der Waals surface area (Å²) in [5.74, 6) is -2.09. The van der Waals surface area contributed by atoms with Crippen molar-refractivity contribution in [2.45, 2.75) is 24.7 Å². The van der Waals surface area contributed by atoms with Gasteiger partial charge in [-0.2, -0.15) is 0 Å². The van der Waals surface area contributed by atoms with E-state index < -0.39 is 30.4 Å². The van der Waals surface area contributed by atoms with Gasteiger partial charge in [-0.25, -0.2) is 4.39 Å². The zero-order valence-electron chi connectivity index (χ0n) is 8.43. The largest absolute Gasteiger partial charge is 0.463 e. The maximum absolute atomic E-state index is 11.9. The van der Waals surface area contributed by atoms with E-state index in [1.807, 2.05) is 0 Å². The molecule has 0 N–H and O–H groups in total. The maximum atomic E-state index is 11.9. The molecule has 0 saturated carbocycles. The molecule has 3 fully saturated rings. The van der Waals surface area contributed by atoms with E-state index in [9.17, 15) is 14.0 Å². The van der Waals surface area contributed by atoms with E-state index in [-0.39, 0.29) is 24.9 Å². The van der Waals surface area contributed by atoms with Gasteiger partial charge in [0.2, 0.25) is 0 Å². The SMILES string of the molecule is O=C(OCCF)C1C2CC3OC(=O)C1C3O2. The molecule has 5 nitrogen and oxygen atoms in total. The topological polar surface area (TPSA) is 61.8 Å². The highest BCUT2D eigenvalue weighted by atomic mass is 19.1. The molecule has 3 saturated heterocycles. The standard InChI is InChI=1S/C10H11FO5/c11-1-2-14-9(12)6-4-3-5-8(15-4)7(6)10(13)16-5/h4-8H,1-3H2. The molecule has 0 spiro atoms. The van der Waals surface area contributed by atoms with Gasteiger partial charge < -0.3 is 14.2 Å². The summed E-state index contributed by atoms with van der Waals surface area (Å²) in [5, 5.41) is 0. The fourth-order valence-electron chi connectivity index (χ4n) is 2.85. The number of esters is 2. The Morgan fingerprint density at radius 2 is 2.31 bits per heavy atom. The molecule has 0 radical (unpaired) electrons. The molecule has 3 aliphatic rings. The summed E-state index contributed by atoms with van der Waals surface area (Å²) >= 11 is 0. The van der Waals surface area contributed by atoms with E-state index in [4.69, 9.17) is 14.2 Å². The van der Waals surface area contributed by atoms with Crippen molar-refractivity contribution in [2.75, 3.05) is 13.3 Å². The molecule has 0 aliphatic carbocycles.